The number of rotatable bonds is 7. The summed E-state index contributed by atoms with van der Waals surface area (Å²) in [5.74, 6) is -0.939. The smallest absolute Gasteiger partial charge is 0.251 e. The van der Waals surface area contributed by atoms with Gasteiger partial charge in [0.2, 0.25) is 5.91 Å². The number of halogens is 2. The van der Waals surface area contributed by atoms with Gasteiger partial charge in [-0.2, -0.15) is 0 Å². The fraction of sp³-hybridized carbons (Fsp3) is 0.467. The first kappa shape index (κ1) is 20.3. The number of benzene rings is 1. The van der Waals surface area contributed by atoms with Crippen molar-refractivity contribution >= 4 is 24.2 Å². The lowest BCUT2D eigenvalue weighted by atomic mass is 9.97. The van der Waals surface area contributed by atoms with Gasteiger partial charge in [-0.3, -0.25) is 9.59 Å². The predicted octanol–water partition coefficient (Wildman–Crippen LogP) is 1.61. The molecule has 1 atom stereocenters. The van der Waals surface area contributed by atoms with Crippen molar-refractivity contribution in [2.24, 2.45) is 5.73 Å². The third-order valence-corrected chi connectivity index (χ3v) is 3.09. The van der Waals surface area contributed by atoms with E-state index in [4.69, 9.17) is 5.73 Å². The van der Waals surface area contributed by atoms with Gasteiger partial charge in [0.15, 0.2) is 0 Å². The van der Waals surface area contributed by atoms with Gasteiger partial charge in [0.05, 0.1) is 5.54 Å². The first-order chi connectivity index (χ1) is 9.86. The minimum absolute atomic E-state index is 0. The van der Waals surface area contributed by atoms with Gasteiger partial charge < -0.3 is 16.4 Å². The lowest BCUT2D eigenvalue weighted by molar-refractivity contribution is -0.126. The molecule has 2 amide bonds. The number of hydrogen-bond acceptors (Lipinski definition) is 3. The average molecular weight is 332 g/mol. The molecule has 0 aliphatic rings. The van der Waals surface area contributed by atoms with Gasteiger partial charge in [0.1, 0.15) is 5.82 Å². The Labute approximate surface area is 136 Å². The first-order valence-electron chi connectivity index (χ1n) is 6.98. The van der Waals surface area contributed by atoms with Crippen LogP contribution in [0.1, 0.15) is 37.0 Å². The Morgan fingerprint density at radius 3 is 2.27 bits per heavy atom. The van der Waals surface area contributed by atoms with Crippen LogP contribution >= 0.6 is 12.4 Å². The molecule has 0 aliphatic heterocycles. The Morgan fingerprint density at radius 2 is 1.73 bits per heavy atom. The van der Waals surface area contributed by atoms with E-state index in [0.29, 0.717) is 18.5 Å². The van der Waals surface area contributed by atoms with Gasteiger partial charge in [-0.15, -0.1) is 12.4 Å². The lowest BCUT2D eigenvalue weighted by Crippen LogP contribution is -2.52. The molecule has 0 aliphatic carbocycles. The molecule has 0 aromatic heterocycles. The second-order valence-electron chi connectivity index (χ2n) is 5.19. The number of nitrogens with two attached hydrogens (primary N) is 1. The van der Waals surface area contributed by atoms with E-state index in [2.05, 4.69) is 10.6 Å². The van der Waals surface area contributed by atoms with Crippen LogP contribution in [0.4, 0.5) is 4.39 Å². The minimum Gasteiger partial charge on any atom is -0.353 e. The second kappa shape index (κ2) is 9.38. The van der Waals surface area contributed by atoms with Crippen LogP contribution in [0.15, 0.2) is 24.3 Å². The zero-order chi connectivity index (χ0) is 15.9. The molecule has 1 rings (SSSR count). The van der Waals surface area contributed by atoms with Gasteiger partial charge in [-0.25, -0.2) is 4.39 Å². The second-order valence-corrected chi connectivity index (χ2v) is 5.19. The fourth-order valence-electron chi connectivity index (χ4n) is 1.89. The van der Waals surface area contributed by atoms with E-state index >= 15 is 0 Å². The van der Waals surface area contributed by atoms with Crippen LogP contribution in [0.5, 0.6) is 0 Å². The molecule has 1 aromatic carbocycles. The highest BCUT2D eigenvalue weighted by atomic mass is 35.5. The van der Waals surface area contributed by atoms with Crippen LogP contribution in [0, 0.1) is 5.82 Å². The Morgan fingerprint density at radius 1 is 1.18 bits per heavy atom. The van der Waals surface area contributed by atoms with Crippen LogP contribution in [-0.2, 0) is 4.79 Å². The molecule has 0 fully saturated rings. The molecular weight excluding hydrogens is 309 g/mol. The maximum absolute atomic E-state index is 12.7. The van der Waals surface area contributed by atoms with Crippen LogP contribution in [0.3, 0.4) is 0 Å². The van der Waals surface area contributed by atoms with E-state index in [0.717, 1.165) is 6.42 Å². The molecule has 124 valence electrons. The van der Waals surface area contributed by atoms with Crippen molar-refractivity contribution in [1.29, 1.82) is 0 Å². The zero-order valence-electron chi connectivity index (χ0n) is 12.8. The summed E-state index contributed by atoms with van der Waals surface area (Å²) in [5.41, 5.74) is 5.36. The Bertz CT molecular complexity index is 492. The minimum atomic E-state index is -0.893. The van der Waals surface area contributed by atoms with Gasteiger partial charge in [-0.05, 0) is 37.6 Å². The van der Waals surface area contributed by atoms with Crippen molar-refractivity contribution < 1.29 is 14.0 Å². The van der Waals surface area contributed by atoms with E-state index in [1.165, 1.54) is 24.3 Å². The molecule has 4 N–H and O–H groups in total. The standard InChI is InChI=1S/C15H22FN3O2.ClH/c1-3-8-15(2,17)14(21)19-10-9-18-13(20)11-4-6-12(16)7-5-11;/h4-7H,3,8-10,17H2,1-2H3,(H,18,20)(H,19,21);1H. The summed E-state index contributed by atoms with van der Waals surface area (Å²) in [4.78, 5) is 23.5. The van der Waals surface area contributed by atoms with Crippen molar-refractivity contribution in [3.8, 4) is 0 Å². The highest BCUT2D eigenvalue weighted by molar-refractivity contribution is 5.94. The van der Waals surface area contributed by atoms with Crippen molar-refractivity contribution in [3.05, 3.63) is 35.6 Å². The summed E-state index contributed by atoms with van der Waals surface area (Å²) >= 11 is 0. The Hall–Kier alpha value is -1.66. The summed E-state index contributed by atoms with van der Waals surface area (Å²) in [6.45, 7) is 4.22. The number of carbonyl (C=O) groups is 2. The summed E-state index contributed by atoms with van der Waals surface area (Å²) in [6, 6.07) is 5.26. The average Bonchev–Trinajstić information content (AvgIpc) is 2.43. The van der Waals surface area contributed by atoms with Gasteiger partial charge in [0, 0.05) is 18.7 Å². The van der Waals surface area contributed by atoms with Crippen molar-refractivity contribution in [2.45, 2.75) is 32.2 Å². The van der Waals surface area contributed by atoms with Gasteiger partial charge in [0.25, 0.3) is 5.91 Å². The molecule has 0 saturated carbocycles. The highest BCUT2D eigenvalue weighted by Crippen LogP contribution is 2.07. The van der Waals surface area contributed by atoms with Gasteiger partial charge in [-0.1, -0.05) is 13.3 Å². The largest absolute Gasteiger partial charge is 0.353 e. The monoisotopic (exact) mass is 331 g/mol. The third-order valence-electron chi connectivity index (χ3n) is 3.09. The summed E-state index contributed by atoms with van der Waals surface area (Å²) in [5, 5.41) is 5.33. The van der Waals surface area contributed by atoms with Crippen molar-refractivity contribution in [2.75, 3.05) is 13.1 Å². The summed E-state index contributed by atoms with van der Waals surface area (Å²) < 4.78 is 12.7. The fourth-order valence-corrected chi connectivity index (χ4v) is 1.89. The van der Waals surface area contributed by atoms with E-state index < -0.39 is 11.4 Å². The molecule has 5 nitrogen and oxygen atoms in total. The van der Waals surface area contributed by atoms with E-state index in [1.54, 1.807) is 6.92 Å². The predicted molar refractivity (Wildman–Crippen MR) is 86.5 cm³/mol. The molecule has 0 radical (unpaired) electrons. The normalized spacial score (nSPS) is 12.7. The molecule has 0 bridgehead atoms. The summed E-state index contributed by atoms with van der Waals surface area (Å²) in [7, 11) is 0. The van der Waals surface area contributed by atoms with Crippen LogP contribution in [-0.4, -0.2) is 30.4 Å². The Kier molecular flexibility index (Phi) is 8.67. The van der Waals surface area contributed by atoms with Crippen LogP contribution < -0.4 is 16.4 Å². The maximum atomic E-state index is 12.7. The molecule has 0 spiro atoms. The topological polar surface area (TPSA) is 84.2 Å². The van der Waals surface area contributed by atoms with Crippen LogP contribution in [0.25, 0.3) is 0 Å². The van der Waals surface area contributed by atoms with E-state index in [1.807, 2.05) is 6.92 Å². The quantitative estimate of drug-likeness (QED) is 0.664. The number of hydrogen-bond donors (Lipinski definition) is 3. The molecule has 22 heavy (non-hydrogen) atoms. The number of carbonyl (C=O) groups excluding carboxylic acids is 2. The molecule has 1 aromatic rings. The van der Waals surface area contributed by atoms with Crippen LogP contribution in [0.2, 0.25) is 0 Å². The first-order valence-corrected chi connectivity index (χ1v) is 6.98. The Balaban J connectivity index is 0.00000441. The van der Waals surface area contributed by atoms with Crippen molar-refractivity contribution in [1.82, 2.24) is 10.6 Å². The zero-order valence-corrected chi connectivity index (χ0v) is 13.6. The maximum Gasteiger partial charge on any atom is 0.251 e. The third kappa shape index (κ3) is 6.41. The molecule has 1 unspecified atom stereocenters. The molecule has 0 heterocycles. The number of amides is 2. The molecule has 7 heteroatoms. The lowest BCUT2D eigenvalue weighted by Gasteiger charge is -2.22. The molecule has 0 saturated heterocycles. The SMILES string of the molecule is CCCC(C)(N)C(=O)NCCNC(=O)c1ccc(F)cc1.Cl. The van der Waals surface area contributed by atoms with Gasteiger partial charge >= 0.3 is 0 Å². The summed E-state index contributed by atoms with van der Waals surface area (Å²) in [6.07, 6.45) is 1.42. The number of nitrogens with one attached hydrogen (secondary N) is 2. The van der Waals surface area contributed by atoms with E-state index in [-0.39, 0.29) is 30.8 Å². The molecular formula is C15H23ClFN3O2. The van der Waals surface area contributed by atoms with E-state index in [9.17, 15) is 14.0 Å². The van der Waals surface area contributed by atoms with Crippen molar-refractivity contribution in [3.63, 3.8) is 0 Å². The highest BCUT2D eigenvalue weighted by Gasteiger charge is 2.26.